The standard InChI is InChI=1S/C30H34FN3O6S/c1-21(29(36)32-30(2,3)4)33(19-22-8-6-5-7-9-22)28(35)20-34(24-12-10-23(31)11-13-24)41(37,38)25-14-15-26-27(18-25)40-17-16-39-26/h5-15,18,21H,16-17,19-20H2,1-4H3,(H,32,36)/t21-/m0/s1. The monoisotopic (exact) mass is 583 g/mol. The molecule has 0 aliphatic carbocycles. The summed E-state index contributed by atoms with van der Waals surface area (Å²) in [6.07, 6.45) is 0. The van der Waals surface area contributed by atoms with Crippen LogP contribution in [0.3, 0.4) is 0 Å². The van der Waals surface area contributed by atoms with Gasteiger partial charge < -0.3 is 19.7 Å². The van der Waals surface area contributed by atoms with E-state index in [-0.39, 0.29) is 35.4 Å². The van der Waals surface area contributed by atoms with Crippen molar-refractivity contribution in [2.45, 2.75) is 50.7 Å². The van der Waals surface area contributed by atoms with Crippen molar-refractivity contribution in [2.75, 3.05) is 24.1 Å². The maximum absolute atomic E-state index is 14.0. The van der Waals surface area contributed by atoms with E-state index in [0.29, 0.717) is 12.4 Å². The molecule has 0 unspecified atom stereocenters. The third-order valence-electron chi connectivity index (χ3n) is 6.36. The molecule has 3 aromatic rings. The summed E-state index contributed by atoms with van der Waals surface area (Å²) in [5, 5.41) is 2.88. The van der Waals surface area contributed by atoms with Crippen LogP contribution in [0, 0.1) is 5.82 Å². The van der Waals surface area contributed by atoms with Crippen molar-refractivity contribution in [3.05, 3.63) is 84.2 Å². The van der Waals surface area contributed by atoms with Crippen LogP contribution < -0.4 is 19.1 Å². The number of amides is 2. The highest BCUT2D eigenvalue weighted by Crippen LogP contribution is 2.34. The molecule has 0 saturated heterocycles. The number of carbonyl (C=O) groups excluding carboxylic acids is 2. The summed E-state index contributed by atoms with van der Waals surface area (Å²) >= 11 is 0. The van der Waals surface area contributed by atoms with E-state index in [1.54, 1.807) is 6.92 Å². The molecule has 1 aliphatic rings. The van der Waals surface area contributed by atoms with Gasteiger partial charge in [0, 0.05) is 18.2 Å². The molecule has 1 aliphatic heterocycles. The predicted octanol–water partition coefficient (Wildman–Crippen LogP) is 4.12. The molecule has 2 amide bonds. The number of carbonyl (C=O) groups is 2. The third-order valence-corrected chi connectivity index (χ3v) is 8.13. The smallest absolute Gasteiger partial charge is 0.264 e. The number of hydrogen-bond donors (Lipinski definition) is 1. The Balaban J connectivity index is 1.72. The first kappa shape index (κ1) is 29.9. The Morgan fingerprint density at radius 1 is 0.951 bits per heavy atom. The van der Waals surface area contributed by atoms with Crippen LogP contribution in [0.15, 0.2) is 77.7 Å². The molecular weight excluding hydrogens is 549 g/mol. The van der Waals surface area contributed by atoms with E-state index >= 15 is 0 Å². The zero-order valence-corrected chi connectivity index (χ0v) is 24.3. The second-order valence-corrected chi connectivity index (χ2v) is 12.6. The highest BCUT2D eigenvalue weighted by molar-refractivity contribution is 7.92. The molecule has 41 heavy (non-hydrogen) atoms. The summed E-state index contributed by atoms with van der Waals surface area (Å²) in [7, 11) is -4.35. The fourth-order valence-electron chi connectivity index (χ4n) is 4.28. The van der Waals surface area contributed by atoms with Crippen LogP contribution in [0.2, 0.25) is 0 Å². The van der Waals surface area contributed by atoms with E-state index in [0.717, 1.165) is 22.0 Å². The second kappa shape index (κ2) is 12.2. The Morgan fingerprint density at radius 3 is 2.22 bits per heavy atom. The van der Waals surface area contributed by atoms with Crippen LogP contribution in [0.25, 0.3) is 0 Å². The van der Waals surface area contributed by atoms with Crippen molar-refractivity contribution in [3.8, 4) is 11.5 Å². The lowest BCUT2D eigenvalue weighted by atomic mass is 10.1. The van der Waals surface area contributed by atoms with Gasteiger partial charge in [0.25, 0.3) is 10.0 Å². The van der Waals surface area contributed by atoms with Gasteiger partial charge in [0.15, 0.2) is 11.5 Å². The van der Waals surface area contributed by atoms with Crippen molar-refractivity contribution in [2.24, 2.45) is 0 Å². The fraction of sp³-hybridized carbons (Fsp3) is 0.333. The number of nitrogens with one attached hydrogen (secondary N) is 1. The number of anilines is 1. The summed E-state index contributed by atoms with van der Waals surface area (Å²) in [4.78, 5) is 28.3. The van der Waals surface area contributed by atoms with Gasteiger partial charge in [-0.1, -0.05) is 30.3 Å². The summed E-state index contributed by atoms with van der Waals surface area (Å²) in [6.45, 7) is 7.13. The summed E-state index contributed by atoms with van der Waals surface area (Å²) < 4.78 is 53.8. The molecule has 9 nitrogen and oxygen atoms in total. The zero-order valence-electron chi connectivity index (χ0n) is 23.5. The Morgan fingerprint density at radius 2 is 1.59 bits per heavy atom. The number of ether oxygens (including phenoxy) is 2. The van der Waals surface area contributed by atoms with Crippen molar-refractivity contribution < 1.29 is 31.9 Å². The number of rotatable bonds is 9. The minimum atomic E-state index is -4.35. The number of hydrogen-bond acceptors (Lipinski definition) is 6. The molecule has 0 bridgehead atoms. The Hall–Kier alpha value is -4.12. The van der Waals surface area contributed by atoms with Gasteiger partial charge >= 0.3 is 0 Å². The van der Waals surface area contributed by atoms with Gasteiger partial charge in [0.2, 0.25) is 11.8 Å². The van der Waals surface area contributed by atoms with Crippen LogP contribution >= 0.6 is 0 Å². The van der Waals surface area contributed by atoms with Crippen molar-refractivity contribution >= 4 is 27.5 Å². The summed E-state index contributed by atoms with van der Waals surface area (Å²) in [5.74, 6) is -0.885. The number of nitrogens with zero attached hydrogens (tertiary/aromatic N) is 2. The quantitative estimate of drug-likeness (QED) is 0.406. The van der Waals surface area contributed by atoms with Crippen LogP contribution in [0.1, 0.15) is 33.3 Å². The van der Waals surface area contributed by atoms with E-state index in [9.17, 15) is 22.4 Å². The summed E-state index contributed by atoms with van der Waals surface area (Å²) in [5.41, 5.74) is 0.300. The number of benzene rings is 3. The lowest BCUT2D eigenvalue weighted by Crippen LogP contribution is -2.54. The van der Waals surface area contributed by atoms with Gasteiger partial charge in [0.05, 0.1) is 10.6 Å². The summed E-state index contributed by atoms with van der Waals surface area (Å²) in [6, 6.07) is 17.2. The lowest BCUT2D eigenvalue weighted by molar-refractivity contribution is -0.140. The molecule has 1 N–H and O–H groups in total. The highest BCUT2D eigenvalue weighted by Gasteiger charge is 2.34. The number of halogens is 1. The van der Waals surface area contributed by atoms with Gasteiger partial charge in [0.1, 0.15) is 31.6 Å². The lowest BCUT2D eigenvalue weighted by Gasteiger charge is -2.33. The maximum Gasteiger partial charge on any atom is 0.264 e. The number of sulfonamides is 1. The van der Waals surface area contributed by atoms with Crippen LogP contribution in [-0.2, 0) is 26.2 Å². The SMILES string of the molecule is C[C@@H](C(=O)NC(C)(C)C)N(Cc1ccccc1)C(=O)CN(c1ccc(F)cc1)S(=O)(=O)c1ccc2c(c1)OCCO2. The van der Waals surface area contributed by atoms with Crippen molar-refractivity contribution in [3.63, 3.8) is 0 Å². The van der Waals surface area contributed by atoms with Crippen LogP contribution in [-0.4, -0.2) is 56.5 Å². The molecule has 0 radical (unpaired) electrons. The normalized spacial score (nSPS) is 13.7. The Kier molecular flexibility index (Phi) is 8.86. The average molecular weight is 584 g/mol. The van der Waals surface area contributed by atoms with Gasteiger partial charge in [-0.05, 0) is 69.7 Å². The van der Waals surface area contributed by atoms with E-state index in [2.05, 4.69) is 5.32 Å². The largest absolute Gasteiger partial charge is 0.486 e. The highest BCUT2D eigenvalue weighted by atomic mass is 32.2. The molecule has 11 heteroatoms. The first-order valence-electron chi connectivity index (χ1n) is 13.2. The van der Waals surface area contributed by atoms with E-state index in [4.69, 9.17) is 9.47 Å². The fourth-order valence-corrected chi connectivity index (χ4v) is 5.71. The van der Waals surface area contributed by atoms with E-state index in [1.807, 2.05) is 51.1 Å². The van der Waals surface area contributed by atoms with Crippen LogP contribution in [0.5, 0.6) is 11.5 Å². The van der Waals surface area contributed by atoms with Gasteiger partial charge in [-0.3, -0.25) is 13.9 Å². The molecule has 0 aromatic heterocycles. The Labute approximate surface area is 239 Å². The molecule has 0 spiro atoms. The average Bonchev–Trinajstić information content (AvgIpc) is 2.94. The molecular formula is C30H34FN3O6S. The third kappa shape index (κ3) is 7.35. The van der Waals surface area contributed by atoms with Crippen molar-refractivity contribution in [1.29, 1.82) is 0 Å². The Bertz CT molecular complexity index is 1490. The first-order chi connectivity index (χ1) is 19.3. The molecule has 1 heterocycles. The first-order valence-corrected chi connectivity index (χ1v) is 14.6. The molecule has 1 atom stereocenters. The molecule has 4 rings (SSSR count). The molecule has 0 saturated carbocycles. The molecule has 218 valence electrons. The maximum atomic E-state index is 14.0. The van der Waals surface area contributed by atoms with Crippen molar-refractivity contribution in [1.82, 2.24) is 10.2 Å². The minimum Gasteiger partial charge on any atom is -0.486 e. The second-order valence-electron chi connectivity index (χ2n) is 10.7. The van der Waals surface area contributed by atoms with Gasteiger partial charge in [-0.25, -0.2) is 12.8 Å². The topological polar surface area (TPSA) is 105 Å². The van der Waals surface area contributed by atoms with E-state index in [1.165, 1.54) is 35.2 Å². The van der Waals surface area contributed by atoms with E-state index < -0.39 is 39.9 Å². The number of fused-ring (bicyclic) bond motifs is 1. The molecule has 3 aromatic carbocycles. The van der Waals surface area contributed by atoms with Gasteiger partial charge in [-0.15, -0.1) is 0 Å². The van der Waals surface area contributed by atoms with Gasteiger partial charge in [-0.2, -0.15) is 0 Å². The minimum absolute atomic E-state index is 0.0692. The molecule has 0 fully saturated rings. The predicted molar refractivity (Wildman–Crippen MR) is 153 cm³/mol. The van der Waals surface area contributed by atoms with Crippen LogP contribution in [0.4, 0.5) is 10.1 Å². The zero-order chi connectivity index (χ0) is 29.8.